The van der Waals surface area contributed by atoms with E-state index < -0.39 is 17.7 Å². The number of halogens is 1. The topological polar surface area (TPSA) is 79.8 Å². The number of rotatable bonds is 2. The summed E-state index contributed by atoms with van der Waals surface area (Å²) in [4.78, 5) is 18.5. The Kier molecular flexibility index (Phi) is 5.05. The van der Waals surface area contributed by atoms with Crippen LogP contribution in [0.1, 0.15) is 57.4 Å². The molecule has 1 aromatic rings. The Bertz CT molecular complexity index is 846. The second-order valence-corrected chi connectivity index (χ2v) is 8.68. The molecule has 1 aromatic heterocycles. The van der Waals surface area contributed by atoms with Crippen LogP contribution in [0.4, 0.5) is 4.79 Å². The fourth-order valence-corrected chi connectivity index (χ4v) is 4.15. The Morgan fingerprint density at radius 3 is 2.93 bits per heavy atom. The number of nitrogens with zero attached hydrogens (tertiary/aromatic N) is 3. The largest absolute Gasteiger partial charge is 0.443 e. The van der Waals surface area contributed by atoms with Crippen molar-refractivity contribution in [3.8, 4) is 0 Å². The molecule has 0 aromatic carbocycles. The van der Waals surface area contributed by atoms with E-state index in [0.717, 1.165) is 42.7 Å². The van der Waals surface area contributed by atoms with E-state index in [0.29, 0.717) is 5.17 Å². The lowest BCUT2D eigenvalue weighted by atomic mass is 9.86. The van der Waals surface area contributed by atoms with Crippen molar-refractivity contribution in [3.05, 3.63) is 35.9 Å². The first-order valence-electron chi connectivity index (χ1n) is 9.63. The van der Waals surface area contributed by atoms with Gasteiger partial charge in [-0.05, 0) is 45.6 Å². The van der Waals surface area contributed by atoms with E-state index in [4.69, 9.17) is 21.1 Å². The molecule has 0 bridgehead atoms. The molecule has 0 radical (unpaired) electrons. The van der Waals surface area contributed by atoms with Gasteiger partial charge in [-0.1, -0.05) is 17.7 Å². The summed E-state index contributed by atoms with van der Waals surface area (Å²) in [6.45, 7) is 6.27. The van der Waals surface area contributed by atoms with Crippen molar-refractivity contribution in [3.63, 3.8) is 0 Å². The van der Waals surface area contributed by atoms with Crippen LogP contribution in [0.2, 0.25) is 0 Å². The summed E-state index contributed by atoms with van der Waals surface area (Å²) >= 11 is 6.41. The van der Waals surface area contributed by atoms with Gasteiger partial charge in [-0.3, -0.25) is 10.00 Å². The summed E-state index contributed by atoms with van der Waals surface area (Å²) in [5.41, 5.74) is 2.30. The molecule has 28 heavy (non-hydrogen) atoms. The van der Waals surface area contributed by atoms with Crippen molar-refractivity contribution >= 4 is 28.4 Å². The lowest BCUT2D eigenvalue weighted by Gasteiger charge is -2.32. The summed E-state index contributed by atoms with van der Waals surface area (Å²) in [5.74, 6) is -0.113. The molecule has 0 saturated carbocycles. The number of aromatic amines is 1. The molecular formula is C20H25ClN4O3. The van der Waals surface area contributed by atoms with Crippen molar-refractivity contribution in [2.45, 2.75) is 57.8 Å². The molecule has 1 saturated heterocycles. The minimum absolute atomic E-state index is 0.000630. The zero-order valence-corrected chi connectivity index (χ0v) is 17.1. The maximum absolute atomic E-state index is 12.6. The van der Waals surface area contributed by atoms with E-state index in [-0.39, 0.29) is 12.0 Å². The monoisotopic (exact) mass is 404 g/mol. The third kappa shape index (κ3) is 3.61. The number of H-pyrrole nitrogens is 1. The Hall–Kier alpha value is -2.12. The molecule has 0 aliphatic carbocycles. The summed E-state index contributed by atoms with van der Waals surface area (Å²) < 4.78 is 11.5. The molecule has 8 heteroatoms. The van der Waals surface area contributed by atoms with E-state index in [9.17, 15) is 4.79 Å². The maximum atomic E-state index is 12.6. The molecule has 1 N–H and O–H groups in total. The van der Waals surface area contributed by atoms with E-state index in [1.807, 2.05) is 26.8 Å². The van der Waals surface area contributed by atoms with Crippen LogP contribution >= 0.6 is 11.6 Å². The van der Waals surface area contributed by atoms with Gasteiger partial charge in [-0.2, -0.15) is 5.10 Å². The average molecular weight is 405 g/mol. The minimum Gasteiger partial charge on any atom is -0.443 e. The Morgan fingerprint density at radius 1 is 1.39 bits per heavy atom. The Morgan fingerprint density at radius 2 is 2.21 bits per heavy atom. The van der Waals surface area contributed by atoms with E-state index in [2.05, 4.69) is 15.2 Å². The summed E-state index contributed by atoms with van der Waals surface area (Å²) in [5, 5.41) is 7.72. The molecular weight excluding hydrogens is 380 g/mol. The smallest absolute Gasteiger partial charge is 0.415 e. The van der Waals surface area contributed by atoms with Gasteiger partial charge in [-0.25, -0.2) is 9.79 Å². The van der Waals surface area contributed by atoms with Gasteiger partial charge in [0.25, 0.3) is 0 Å². The van der Waals surface area contributed by atoms with Gasteiger partial charge in [0, 0.05) is 30.5 Å². The highest BCUT2D eigenvalue weighted by atomic mass is 35.5. The van der Waals surface area contributed by atoms with Gasteiger partial charge in [0.15, 0.2) is 0 Å². The molecule has 1 amide bonds. The highest BCUT2D eigenvalue weighted by molar-refractivity contribution is 6.67. The number of aliphatic imine (C=N–C) groups is 1. The van der Waals surface area contributed by atoms with Crippen LogP contribution in [0.3, 0.4) is 0 Å². The van der Waals surface area contributed by atoms with Crippen LogP contribution in [0.25, 0.3) is 5.57 Å². The van der Waals surface area contributed by atoms with Crippen molar-refractivity contribution in [2.24, 2.45) is 10.9 Å². The van der Waals surface area contributed by atoms with Crippen LogP contribution < -0.4 is 0 Å². The molecule has 3 aliphatic rings. The van der Waals surface area contributed by atoms with Gasteiger partial charge in [-0.15, -0.1) is 0 Å². The average Bonchev–Trinajstić information content (AvgIpc) is 3.29. The van der Waals surface area contributed by atoms with Crippen LogP contribution in [-0.4, -0.2) is 44.6 Å². The molecule has 4 rings (SSSR count). The molecule has 3 aliphatic heterocycles. The molecule has 4 heterocycles. The standard InChI is InChI=1S/C20H25ClN4O3/c1-20(2,3)28-19(26)25-8-7-12-13(10-22-18(21)17(12)25)14-11-23-24-16(14)15-6-4-5-9-27-15/h7-8,10-12,15,17H,4-6,9H2,1-3H3,(H,23,24). The van der Waals surface area contributed by atoms with E-state index in [1.165, 1.54) is 4.90 Å². The van der Waals surface area contributed by atoms with Crippen molar-refractivity contribution in [1.82, 2.24) is 15.1 Å². The first-order valence-corrected chi connectivity index (χ1v) is 10.0. The highest BCUT2D eigenvalue weighted by Crippen LogP contribution is 2.41. The van der Waals surface area contributed by atoms with E-state index in [1.54, 1.807) is 18.6 Å². The zero-order chi connectivity index (χ0) is 19.9. The molecule has 3 unspecified atom stereocenters. The third-order valence-electron chi connectivity index (χ3n) is 5.11. The summed E-state index contributed by atoms with van der Waals surface area (Å²) in [7, 11) is 0. The number of carbonyl (C=O) groups is 1. The quantitative estimate of drug-likeness (QED) is 0.792. The number of fused-ring (bicyclic) bond motifs is 1. The van der Waals surface area contributed by atoms with Crippen LogP contribution in [0, 0.1) is 5.92 Å². The Labute approximate surface area is 169 Å². The van der Waals surface area contributed by atoms with Crippen molar-refractivity contribution < 1.29 is 14.3 Å². The van der Waals surface area contributed by atoms with Gasteiger partial charge >= 0.3 is 6.09 Å². The Balaban J connectivity index is 1.61. The van der Waals surface area contributed by atoms with Crippen LogP contribution in [0.15, 0.2) is 29.7 Å². The van der Waals surface area contributed by atoms with E-state index >= 15 is 0 Å². The van der Waals surface area contributed by atoms with Gasteiger partial charge in [0.05, 0.1) is 18.0 Å². The lowest BCUT2D eigenvalue weighted by molar-refractivity contribution is 0.0121. The molecule has 1 fully saturated rings. The van der Waals surface area contributed by atoms with Crippen LogP contribution in [0.5, 0.6) is 0 Å². The van der Waals surface area contributed by atoms with Crippen molar-refractivity contribution in [2.75, 3.05) is 6.61 Å². The van der Waals surface area contributed by atoms with Crippen molar-refractivity contribution in [1.29, 1.82) is 0 Å². The van der Waals surface area contributed by atoms with Gasteiger partial charge < -0.3 is 9.47 Å². The highest BCUT2D eigenvalue weighted by Gasteiger charge is 2.42. The maximum Gasteiger partial charge on any atom is 0.415 e. The number of hydrogen-bond acceptors (Lipinski definition) is 5. The predicted molar refractivity (Wildman–Crippen MR) is 107 cm³/mol. The number of aromatic nitrogens is 2. The fraction of sp³-hybridized carbons (Fsp3) is 0.550. The van der Waals surface area contributed by atoms with Gasteiger partial charge in [0.2, 0.25) is 0 Å². The minimum atomic E-state index is -0.587. The predicted octanol–water partition coefficient (Wildman–Crippen LogP) is 4.39. The molecule has 3 atom stereocenters. The molecule has 0 spiro atoms. The number of hydrogen-bond donors (Lipinski definition) is 1. The fourth-order valence-electron chi connectivity index (χ4n) is 3.86. The number of ether oxygens (including phenoxy) is 2. The zero-order valence-electron chi connectivity index (χ0n) is 16.3. The van der Waals surface area contributed by atoms with Crippen LogP contribution in [-0.2, 0) is 9.47 Å². The molecule has 150 valence electrons. The summed E-state index contributed by atoms with van der Waals surface area (Å²) in [6.07, 6.45) is 10.0. The first-order chi connectivity index (χ1) is 13.3. The number of nitrogens with one attached hydrogen (secondary N) is 1. The number of amides is 1. The second-order valence-electron chi connectivity index (χ2n) is 8.29. The second kappa shape index (κ2) is 7.37. The normalized spacial score (nSPS) is 27.3. The summed E-state index contributed by atoms with van der Waals surface area (Å²) in [6, 6.07) is -0.411. The van der Waals surface area contributed by atoms with Gasteiger partial charge in [0.1, 0.15) is 16.8 Å². The first kappa shape index (κ1) is 19.2. The number of carbonyl (C=O) groups excluding carboxylic acids is 1. The third-order valence-corrected chi connectivity index (χ3v) is 5.43. The SMILES string of the molecule is CC(C)(C)OC(=O)N1C=CC2C(c3cn[nH]c3C3CCCCO3)=CN=C(Cl)C21. The lowest BCUT2D eigenvalue weighted by Crippen LogP contribution is -2.44. The molecule has 7 nitrogen and oxygen atoms in total.